The smallest absolute Gasteiger partial charge is 0.226 e. The first-order valence-electron chi connectivity index (χ1n) is 9.37. The van der Waals surface area contributed by atoms with Crippen molar-refractivity contribution in [1.82, 2.24) is 4.98 Å². The Labute approximate surface area is 184 Å². The fourth-order valence-corrected chi connectivity index (χ4v) is 3.79. The molecule has 1 aromatic heterocycles. The first kappa shape index (κ1) is 21.9. The van der Waals surface area contributed by atoms with Gasteiger partial charge in [0.1, 0.15) is 17.2 Å². The topological polar surface area (TPSA) is 69.7 Å². The number of hydrogen-bond donors (Lipinski definition) is 1. The molecular formula is C22H23ClN2O4S. The molecule has 0 saturated heterocycles. The van der Waals surface area contributed by atoms with Gasteiger partial charge in [0.15, 0.2) is 5.13 Å². The van der Waals surface area contributed by atoms with Crippen molar-refractivity contribution < 1.29 is 19.0 Å². The third kappa shape index (κ3) is 5.64. The van der Waals surface area contributed by atoms with Gasteiger partial charge in [0, 0.05) is 22.4 Å². The van der Waals surface area contributed by atoms with Gasteiger partial charge in [-0.05, 0) is 55.3 Å². The van der Waals surface area contributed by atoms with Gasteiger partial charge in [0.05, 0.1) is 26.5 Å². The lowest BCUT2D eigenvalue weighted by molar-refractivity contribution is -0.116. The van der Waals surface area contributed by atoms with Gasteiger partial charge in [0.25, 0.3) is 0 Å². The Morgan fingerprint density at radius 2 is 1.93 bits per heavy atom. The predicted molar refractivity (Wildman–Crippen MR) is 120 cm³/mol. The molecule has 3 rings (SSSR count). The van der Waals surface area contributed by atoms with Crippen LogP contribution in [0.4, 0.5) is 5.13 Å². The van der Waals surface area contributed by atoms with Crippen LogP contribution >= 0.6 is 22.9 Å². The number of anilines is 1. The number of thiazole rings is 1. The van der Waals surface area contributed by atoms with E-state index in [1.807, 2.05) is 42.6 Å². The number of aryl methyl sites for hydroxylation is 1. The summed E-state index contributed by atoms with van der Waals surface area (Å²) in [5.41, 5.74) is 2.49. The number of nitrogens with zero attached hydrogens (tertiary/aromatic N) is 1. The van der Waals surface area contributed by atoms with Gasteiger partial charge in [-0.15, -0.1) is 11.3 Å². The number of rotatable bonds is 9. The molecule has 0 spiro atoms. The number of ether oxygens (including phenoxy) is 3. The Kier molecular flexibility index (Phi) is 7.54. The second-order valence-corrected chi connectivity index (χ2v) is 7.81. The molecule has 8 heteroatoms. The molecule has 6 nitrogen and oxygen atoms in total. The van der Waals surface area contributed by atoms with E-state index in [1.54, 1.807) is 20.3 Å². The monoisotopic (exact) mass is 446 g/mol. The summed E-state index contributed by atoms with van der Waals surface area (Å²) in [6.07, 6.45) is 0.930. The highest BCUT2D eigenvalue weighted by molar-refractivity contribution is 7.14. The number of carbonyl (C=O) groups is 1. The highest BCUT2D eigenvalue weighted by Crippen LogP contribution is 2.35. The summed E-state index contributed by atoms with van der Waals surface area (Å²) in [4.78, 5) is 16.7. The van der Waals surface area contributed by atoms with Crippen LogP contribution in [0.2, 0.25) is 5.02 Å². The molecule has 0 fully saturated rings. The highest BCUT2D eigenvalue weighted by Gasteiger charge is 2.13. The molecule has 158 valence electrons. The maximum Gasteiger partial charge on any atom is 0.226 e. The molecule has 1 amide bonds. The number of benzene rings is 2. The Morgan fingerprint density at radius 1 is 1.13 bits per heavy atom. The zero-order valence-electron chi connectivity index (χ0n) is 17.0. The molecule has 0 radical (unpaired) electrons. The van der Waals surface area contributed by atoms with Gasteiger partial charge in [-0.1, -0.05) is 11.6 Å². The van der Waals surface area contributed by atoms with E-state index in [9.17, 15) is 4.79 Å². The van der Waals surface area contributed by atoms with Gasteiger partial charge in [-0.2, -0.15) is 0 Å². The van der Waals surface area contributed by atoms with E-state index in [1.165, 1.54) is 11.3 Å². The minimum atomic E-state index is -0.107. The number of methoxy groups -OCH3 is 2. The average molecular weight is 447 g/mol. The van der Waals surface area contributed by atoms with E-state index < -0.39 is 0 Å². The Morgan fingerprint density at radius 3 is 2.67 bits per heavy atom. The lowest BCUT2D eigenvalue weighted by Gasteiger charge is -2.09. The molecular weight excluding hydrogens is 424 g/mol. The van der Waals surface area contributed by atoms with Gasteiger partial charge in [-0.25, -0.2) is 4.98 Å². The molecule has 2 aromatic carbocycles. The summed E-state index contributed by atoms with van der Waals surface area (Å²) in [5, 5.41) is 5.92. The third-order valence-corrected chi connectivity index (χ3v) is 5.37. The van der Waals surface area contributed by atoms with Crippen molar-refractivity contribution in [2.24, 2.45) is 0 Å². The lowest BCUT2D eigenvalue weighted by atomic mass is 10.1. The van der Waals surface area contributed by atoms with Crippen LogP contribution in [0.1, 0.15) is 18.4 Å². The van der Waals surface area contributed by atoms with Crippen molar-refractivity contribution in [2.75, 3.05) is 26.1 Å². The number of hydrogen-bond acceptors (Lipinski definition) is 6. The van der Waals surface area contributed by atoms with E-state index in [0.29, 0.717) is 46.8 Å². The van der Waals surface area contributed by atoms with Crippen molar-refractivity contribution in [3.8, 4) is 28.5 Å². The van der Waals surface area contributed by atoms with Crippen LogP contribution in [0.3, 0.4) is 0 Å². The molecule has 0 unspecified atom stereocenters. The minimum Gasteiger partial charge on any atom is -0.497 e. The van der Waals surface area contributed by atoms with Crippen LogP contribution in [0, 0.1) is 6.92 Å². The molecule has 0 aliphatic carbocycles. The highest BCUT2D eigenvalue weighted by atomic mass is 35.5. The van der Waals surface area contributed by atoms with Crippen molar-refractivity contribution in [3.63, 3.8) is 0 Å². The van der Waals surface area contributed by atoms with E-state index in [-0.39, 0.29) is 5.91 Å². The molecule has 0 saturated carbocycles. The Bertz CT molecular complexity index is 1020. The van der Waals surface area contributed by atoms with Crippen LogP contribution in [0.25, 0.3) is 11.3 Å². The van der Waals surface area contributed by atoms with Gasteiger partial charge < -0.3 is 19.5 Å². The van der Waals surface area contributed by atoms with Crippen molar-refractivity contribution >= 4 is 34.0 Å². The summed E-state index contributed by atoms with van der Waals surface area (Å²) in [7, 11) is 3.21. The maximum atomic E-state index is 12.2. The number of amides is 1. The molecule has 0 aliphatic heterocycles. The summed E-state index contributed by atoms with van der Waals surface area (Å²) in [6.45, 7) is 2.38. The summed E-state index contributed by atoms with van der Waals surface area (Å²) in [5.74, 6) is 2.07. The van der Waals surface area contributed by atoms with Gasteiger partial charge in [0.2, 0.25) is 5.91 Å². The first-order chi connectivity index (χ1) is 14.5. The summed E-state index contributed by atoms with van der Waals surface area (Å²) in [6, 6.07) is 11.0. The minimum absolute atomic E-state index is 0.107. The molecule has 0 bridgehead atoms. The zero-order chi connectivity index (χ0) is 21.5. The second-order valence-electron chi connectivity index (χ2n) is 6.51. The number of carbonyl (C=O) groups excluding carboxylic acids is 1. The van der Waals surface area contributed by atoms with Crippen molar-refractivity contribution in [3.05, 3.63) is 52.4 Å². The average Bonchev–Trinajstić information content (AvgIpc) is 3.20. The van der Waals surface area contributed by atoms with E-state index in [2.05, 4.69) is 10.3 Å². The van der Waals surface area contributed by atoms with Crippen LogP contribution in [0.15, 0.2) is 41.8 Å². The first-order valence-corrected chi connectivity index (χ1v) is 10.6. The fraction of sp³-hybridized carbons (Fsp3) is 0.273. The maximum absolute atomic E-state index is 12.2. The van der Waals surface area contributed by atoms with Crippen LogP contribution < -0.4 is 19.5 Å². The number of halogens is 1. The van der Waals surface area contributed by atoms with Gasteiger partial charge in [-0.3, -0.25) is 4.79 Å². The summed E-state index contributed by atoms with van der Waals surface area (Å²) >= 11 is 7.30. The van der Waals surface area contributed by atoms with E-state index in [0.717, 1.165) is 16.9 Å². The standard InChI is InChI=1S/C22H23ClN2O4S/c1-14-11-15(23)6-8-19(14)29-10-4-5-21(26)25-22-24-18(13-30-22)17-12-16(27-2)7-9-20(17)28-3/h6-9,11-13H,4-5,10H2,1-3H3,(H,24,25,26). The largest absolute Gasteiger partial charge is 0.497 e. The lowest BCUT2D eigenvalue weighted by Crippen LogP contribution is -2.12. The summed E-state index contributed by atoms with van der Waals surface area (Å²) < 4.78 is 16.4. The predicted octanol–water partition coefficient (Wildman–Crippen LogP) is 5.59. The third-order valence-electron chi connectivity index (χ3n) is 4.38. The molecule has 0 aliphatic rings. The quantitative estimate of drug-likeness (QED) is 0.434. The van der Waals surface area contributed by atoms with Gasteiger partial charge >= 0.3 is 0 Å². The normalized spacial score (nSPS) is 10.5. The molecule has 30 heavy (non-hydrogen) atoms. The van der Waals surface area contributed by atoms with Crippen LogP contribution in [-0.4, -0.2) is 31.7 Å². The molecule has 1 heterocycles. The fourth-order valence-electron chi connectivity index (χ4n) is 2.84. The Hall–Kier alpha value is -2.77. The van der Waals surface area contributed by atoms with Crippen molar-refractivity contribution in [2.45, 2.75) is 19.8 Å². The van der Waals surface area contributed by atoms with Crippen LogP contribution in [0.5, 0.6) is 17.2 Å². The zero-order valence-corrected chi connectivity index (χ0v) is 18.6. The van der Waals surface area contributed by atoms with Crippen LogP contribution in [-0.2, 0) is 4.79 Å². The molecule has 0 atom stereocenters. The van der Waals surface area contributed by atoms with E-state index >= 15 is 0 Å². The van der Waals surface area contributed by atoms with E-state index in [4.69, 9.17) is 25.8 Å². The number of aromatic nitrogens is 1. The second kappa shape index (κ2) is 10.3. The van der Waals surface area contributed by atoms with Crippen molar-refractivity contribution in [1.29, 1.82) is 0 Å². The molecule has 3 aromatic rings. The molecule has 1 N–H and O–H groups in total. The SMILES string of the molecule is COc1ccc(OC)c(-c2csc(NC(=O)CCCOc3ccc(Cl)cc3C)n2)c1. The number of nitrogens with one attached hydrogen (secondary N) is 1. The Balaban J connectivity index is 1.53.